The van der Waals surface area contributed by atoms with Crippen LogP contribution >= 0.6 is 0 Å². The molecule has 0 aromatic carbocycles. The fourth-order valence-electron chi connectivity index (χ4n) is 1.67. The topological polar surface area (TPSA) is 50.7 Å². The largest absolute Gasteiger partial charge is 0.392 e. The van der Waals surface area contributed by atoms with Gasteiger partial charge in [-0.1, -0.05) is 6.92 Å². The van der Waals surface area contributed by atoms with Gasteiger partial charge in [0.2, 0.25) is 0 Å². The van der Waals surface area contributed by atoms with E-state index in [1.165, 1.54) is 6.42 Å². The Labute approximate surface area is 106 Å². The molecular weight excluding hydrogens is 218 g/mol. The molecular formula is C13H29NO3. The van der Waals surface area contributed by atoms with Gasteiger partial charge < -0.3 is 19.9 Å². The molecule has 4 nitrogen and oxygen atoms in total. The van der Waals surface area contributed by atoms with E-state index >= 15 is 0 Å². The summed E-state index contributed by atoms with van der Waals surface area (Å²) in [6.07, 6.45) is 2.98. The Morgan fingerprint density at radius 1 is 1.18 bits per heavy atom. The van der Waals surface area contributed by atoms with Crippen LogP contribution in [0.25, 0.3) is 0 Å². The lowest BCUT2D eigenvalue weighted by Gasteiger charge is -2.19. The van der Waals surface area contributed by atoms with Crippen molar-refractivity contribution in [1.82, 2.24) is 5.32 Å². The van der Waals surface area contributed by atoms with Crippen LogP contribution in [-0.2, 0) is 9.47 Å². The third-order valence-electron chi connectivity index (χ3n) is 3.05. The van der Waals surface area contributed by atoms with Crippen LogP contribution in [0.4, 0.5) is 0 Å². The van der Waals surface area contributed by atoms with E-state index in [0.717, 1.165) is 26.1 Å². The summed E-state index contributed by atoms with van der Waals surface area (Å²) in [4.78, 5) is 0. The molecule has 0 rings (SSSR count). The monoisotopic (exact) mass is 247 g/mol. The van der Waals surface area contributed by atoms with E-state index in [1.54, 1.807) is 14.0 Å². The molecule has 0 saturated heterocycles. The molecule has 0 radical (unpaired) electrons. The summed E-state index contributed by atoms with van der Waals surface area (Å²) in [6, 6.07) is 0.0286. The van der Waals surface area contributed by atoms with E-state index in [4.69, 9.17) is 9.47 Å². The molecule has 0 heterocycles. The predicted octanol–water partition coefficient (Wildman–Crippen LogP) is 1.42. The molecule has 0 bridgehead atoms. The van der Waals surface area contributed by atoms with E-state index in [1.807, 2.05) is 7.05 Å². The van der Waals surface area contributed by atoms with Gasteiger partial charge in [0.05, 0.1) is 18.8 Å². The van der Waals surface area contributed by atoms with Crippen molar-refractivity contribution in [3.8, 4) is 0 Å². The molecule has 0 aliphatic rings. The number of aliphatic hydroxyl groups is 1. The maximum absolute atomic E-state index is 9.40. The lowest BCUT2D eigenvalue weighted by molar-refractivity contribution is 0.0559. The number of methoxy groups -OCH3 is 1. The summed E-state index contributed by atoms with van der Waals surface area (Å²) >= 11 is 0. The minimum absolute atomic E-state index is 0.0286. The van der Waals surface area contributed by atoms with E-state index in [-0.39, 0.29) is 12.1 Å². The van der Waals surface area contributed by atoms with Crippen LogP contribution in [0.15, 0.2) is 0 Å². The van der Waals surface area contributed by atoms with Crippen LogP contribution in [0, 0.1) is 5.92 Å². The molecule has 0 fully saturated rings. The highest BCUT2D eigenvalue weighted by Crippen LogP contribution is 2.10. The number of hydrogen-bond donors (Lipinski definition) is 2. The summed E-state index contributed by atoms with van der Waals surface area (Å²) < 4.78 is 10.6. The Balaban J connectivity index is 3.39. The first-order chi connectivity index (χ1) is 8.11. The van der Waals surface area contributed by atoms with Gasteiger partial charge in [0.1, 0.15) is 0 Å². The van der Waals surface area contributed by atoms with Gasteiger partial charge >= 0.3 is 0 Å². The minimum Gasteiger partial charge on any atom is -0.392 e. The smallest absolute Gasteiger partial charge is 0.0687 e. The first kappa shape index (κ1) is 16.8. The van der Waals surface area contributed by atoms with Gasteiger partial charge in [-0.3, -0.25) is 0 Å². The molecule has 0 aliphatic heterocycles. The van der Waals surface area contributed by atoms with E-state index < -0.39 is 0 Å². The van der Waals surface area contributed by atoms with Crippen LogP contribution in [-0.4, -0.2) is 51.2 Å². The van der Waals surface area contributed by atoms with Crippen LogP contribution in [0.5, 0.6) is 0 Å². The average Bonchev–Trinajstić information content (AvgIpc) is 2.30. The van der Waals surface area contributed by atoms with Gasteiger partial charge in [0.15, 0.2) is 0 Å². The van der Waals surface area contributed by atoms with Crippen molar-refractivity contribution in [2.24, 2.45) is 5.92 Å². The van der Waals surface area contributed by atoms with E-state index in [2.05, 4.69) is 12.2 Å². The third-order valence-corrected chi connectivity index (χ3v) is 3.05. The highest BCUT2D eigenvalue weighted by Gasteiger charge is 2.12. The molecule has 104 valence electrons. The first-order valence-electron chi connectivity index (χ1n) is 6.53. The standard InChI is InChI=1S/C13H29NO3/c1-11(7-9-16-4)6-5-8-17-10-13(14-3)12(2)15/h11-15H,5-10H2,1-4H3/t11?,12?,13-/m0/s1. The molecule has 0 amide bonds. The third kappa shape index (κ3) is 9.53. The molecule has 0 spiro atoms. The summed E-state index contributed by atoms with van der Waals surface area (Å²) in [7, 11) is 3.58. The molecule has 4 heteroatoms. The van der Waals surface area contributed by atoms with Crippen molar-refractivity contribution in [2.75, 3.05) is 34.0 Å². The lowest BCUT2D eigenvalue weighted by atomic mass is 10.0. The number of hydrogen-bond acceptors (Lipinski definition) is 4. The molecule has 0 aromatic rings. The summed E-state index contributed by atoms with van der Waals surface area (Å²) in [5.41, 5.74) is 0. The number of rotatable bonds is 11. The van der Waals surface area contributed by atoms with Crippen molar-refractivity contribution in [1.29, 1.82) is 0 Å². The average molecular weight is 247 g/mol. The molecule has 2 N–H and O–H groups in total. The Morgan fingerprint density at radius 3 is 2.41 bits per heavy atom. The number of likely N-dealkylation sites (N-methyl/N-ethyl adjacent to an activating group) is 1. The van der Waals surface area contributed by atoms with Crippen LogP contribution < -0.4 is 5.32 Å². The fourth-order valence-corrected chi connectivity index (χ4v) is 1.67. The predicted molar refractivity (Wildman–Crippen MR) is 70.2 cm³/mol. The SMILES string of the molecule is CN[C@@H](COCCCC(C)CCOC)C(C)O. The zero-order valence-electron chi connectivity index (χ0n) is 11.7. The van der Waals surface area contributed by atoms with Crippen LogP contribution in [0.3, 0.4) is 0 Å². The lowest BCUT2D eigenvalue weighted by Crippen LogP contribution is -2.39. The summed E-state index contributed by atoms with van der Waals surface area (Å²) in [5.74, 6) is 0.690. The molecule has 3 atom stereocenters. The van der Waals surface area contributed by atoms with Gasteiger partial charge in [0, 0.05) is 20.3 Å². The van der Waals surface area contributed by atoms with Crippen molar-refractivity contribution in [2.45, 2.75) is 45.3 Å². The quantitative estimate of drug-likeness (QED) is 0.542. The highest BCUT2D eigenvalue weighted by atomic mass is 16.5. The van der Waals surface area contributed by atoms with Gasteiger partial charge in [-0.25, -0.2) is 0 Å². The Morgan fingerprint density at radius 2 is 1.88 bits per heavy atom. The van der Waals surface area contributed by atoms with Gasteiger partial charge in [-0.05, 0) is 39.2 Å². The maximum Gasteiger partial charge on any atom is 0.0687 e. The van der Waals surface area contributed by atoms with Gasteiger partial charge in [-0.15, -0.1) is 0 Å². The maximum atomic E-state index is 9.40. The normalized spacial score (nSPS) is 16.8. The van der Waals surface area contributed by atoms with Crippen molar-refractivity contribution in [3.05, 3.63) is 0 Å². The molecule has 0 aromatic heterocycles. The fraction of sp³-hybridized carbons (Fsp3) is 1.00. The second-order valence-electron chi connectivity index (χ2n) is 4.74. The Kier molecular flexibility index (Phi) is 10.9. The van der Waals surface area contributed by atoms with E-state index in [0.29, 0.717) is 12.5 Å². The first-order valence-corrected chi connectivity index (χ1v) is 6.53. The van der Waals surface area contributed by atoms with E-state index in [9.17, 15) is 5.11 Å². The zero-order chi connectivity index (χ0) is 13.1. The number of ether oxygens (including phenoxy) is 2. The number of aliphatic hydroxyl groups excluding tert-OH is 1. The van der Waals surface area contributed by atoms with Gasteiger partial charge in [0.25, 0.3) is 0 Å². The molecule has 0 saturated carbocycles. The Hall–Kier alpha value is -0.160. The highest BCUT2D eigenvalue weighted by molar-refractivity contribution is 4.69. The second kappa shape index (κ2) is 11.0. The molecule has 0 aliphatic carbocycles. The Bertz CT molecular complexity index is 165. The van der Waals surface area contributed by atoms with Crippen molar-refractivity contribution >= 4 is 0 Å². The minimum atomic E-state index is -0.374. The summed E-state index contributed by atoms with van der Waals surface area (Å²) in [6.45, 7) is 6.19. The van der Waals surface area contributed by atoms with Crippen molar-refractivity contribution in [3.63, 3.8) is 0 Å². The van der Waals surface area contributed by atoms with Crippen LogP contribution in [0.2, 0.25) is 0 Å². The summed E-state index contributed by atoms with van der Waals surface area (Å²) in [5, 5.41) is 12.4. The zero-order valence-corrected chi connectivity index (χ0v) is 11.7. The van der Waals surface area contributed by atoms with Crippen LogP contribution in [0.1, 0.15) is 33.1 Å². The molecule has 17 heavy (non-hydrogen) atoms. The second-order valence-corrected chi connectivity index (χ2v) is 4.74. The number of nitrogens with one attached hydrogen (secondary N) is 1. The van der Waals surface area contributed by atoms with Gasteiger partial charge in [-0.2, -0.15) is 0 Å². The van der Waals surface area contributed by atoms with Crippen molar-refractivity contribution < 1.29 is 14.6 Å². The molecule has 2 unspecified atom stereocenters.